The van der Waals surface area contributed by atoms with Crippen LogP contribution in [0.4, 0.5) is 0 Å². The molecule has 6 nitrogen and oxygen atoms in total. The second-order valence-electron chi connectivity index (χ2n) is 6.18. The smallest absolute Gasteiger partial charge is 0.271 e. The van der Waals surface area contributed by atoms with E-state index < -0.39 is 0 Å². The van der Waals surface area contributed by atoms with E-state index in [1.54, 1.807) is 18.5 Å². The lowest BCUT2D eigenvalue weighted by atomic mass is 10.1. The molecule has 1 unspecified atom stereocenters. The molecule has 0 saturated carbocycles. The highest BCUT2D eigenvalue weighted by Gasteiger charge is 2.32. The average Bonchev–Trinajstić information content (AvgIpc) is 3.35. The molecule has 1 aliphatic rings. The van der Waals surface area contributed by atoms with Crippen molar-refractivity contribution in [1.82, 2.24) is 19.8 Å². The van der Waals surface area contributed by atoms with Crippen LogP contribution >= 0.6 is 11.3 Å². The average molecular weight is 366 g/mol. The summed E-state index contributed by atoms with van der Waals surface area (Å²) in [5.74, 6) is -0.132. The van der Waals surface area contributed by atoms with Crippen molar-refractivity contribution in [2.45, 2.75) is 19.1 Å². The highest BCUT2D eigenvalue weighted by atomic mass is 32.1. The molecule has 0 bridgehead atoms. The molecule has 0 aliphatic carbocycles. The largest absolute Gasteiger partial charge is 0.349 e. The third-order valence-corrected chi connectivity index (χ3v) is 5.35. The Kier molecular flexibility index (Phi) is 4.53. The van der Waals surface area contributed by atoms with Crippen LogP contribution in [0.1, 0.15) is 25.7 Å². The van der Waals surface area contributed by atoms with Crippen LogP contribution in [-0.4, -0.2) is 38.9 Å². The summed E-state index contributed by atoms with van der Waals surface area (Å²) in [6.07, 6.45) is 5.39. The zero-order valence-corrected chi connectivity index (χ0v) is 14.9. The Balaban J connectivity index is 1.53. The number of rotatable bonds is 5. The first-order valence-electron chi connectivity index (χ1n) is 8.39. The number of carbonyl (C=O) groups excluding carboxylic acids is 2. The van der Waals surface area contributed by atoms with Crippen LogP contribution < -0.4 is 5.32 Å². The van der Waals surface area contributed by atoms with Crippen LogP contribution in [0.3, 0.4) is 0 Å². The number of thiophene rings is 1. The Hall–Kier alpha value is -2.93. The summed E-state index contributed by atoms with van der Waals surface area (Å²) in [5, 5.41) is 4.84. The van der Waals surface area contributed by atoms with Gasteiger partial charge in [0.05, 0.1) is 10.9 Å². The first-order chi connectivity index (χ1) is 12.7. The van der Waals surface area contributed by atoms with Gasteiger partial charge in [-0.25, -0.2) is 0 Å². The predicted octanol–water partition coefficient (Wildman–Crippen LogP) is 2.40. The van der Waals surface area contributed by atoms with Gasteiger partial charge in [0.15, 0.2) is 0 Å². The molecule has 4 heterocycles. The molecular formula is C19H18N4O2S. The summed E-state index contributed by atoms with van der Waals surface area (Å²) in [5.41, 5.74) is 1.64. The van der Waals surface area contributed by atoms with Crippen LogP contribution in [0.15, 0.2) is 60.4 Å². The zero-order valence-electron chi connectivity index (χ0n) is 14.0. The van der Waals surface area contributed by atoms with E-state index in [9.17, 15) is 9.59 Å². The topological polar surface area (TPSA) is 67.2 Å². The van der Waals surface area contributed by atoms with E-state index in [2.05, 4.69) is 10.3 Å². The molecule has 0 spiro atoms. The minimum absolute atomic E-state index is 0.0273. The molecular weight excluding hydrogens is 348 g/mol. The first kappa shape index (κ1) is 16.5. The molecule has 3 aromatic rings. The van der Waals surface area contributed by atoms with Gasteiger partial charge in [-0.05, 0) is 35.2 Å². The van der Waals surface area contributed by atoms with Gasteiger partial charge in [0.2, 0.25) is 0 Å². The Morgan fingerprint density at radius 1 is 1.27 bits per heavy atom. The van der Waals surface area contributed by atoms with Gasteiger partial charge >= 0.3 is 0 Å². The SMILES string of the molecule is O=C(NCC1Cn2cccc2C(=O)N1Cc1cccnc1)c1cccs1. The van der Waals surface area contributed by atoms with E-state index >= 15 is 0 Å². The van der Waals surface area contributed by atoms with Crippen LogP contribution in [0.2, 0.25) is 0 Å². The Bertz CT molecular complexity index is 905. The molecule has 2 amide bonds. The summed E-state index contributed by atoms with van der Waals surface area (Å²) in [7, 11) is 0. The minimum atomic E-state index is -0.119. The fourth-order valence-corrected chi connectivity index (χ4v) is 3.82. The number of aromatic nitrogens is 2. The number of pyridine rings is 1. The molecule has 132 valence electrons. The summed E-state index contributed by atoms with van der Waals surface area (Å²) >= 11 is 1.41. The van der Waals surface area contributed by atoms with E-state index in [1.807, 2.05) is 51.4 Å². The van der Waals surface area contributed by atoms with E-state index in [0.717, 1.165) is 5.56 Å². The van der Waals surface area contributed by atoms with Crippen molar-refractivity contribution in [3.8, 4) is 0 Å². The second-order valence-corrected chi connectivity index (χ2v) is 7.13. The quantitative estimate of drug-likeness (QED) is 0.754. The van der Waals surface area contributed by atoms with Crippen LogP contribution in [0, 0.1) is 0 Å². The van der Waals surface area contributed by atoms with Gasteiger partial charge in [-0.15, -0.1) is 11.3 Å². The predicted molar refractivity (Wildman–Crippen MR) is 99.0 cm³/mol. The maximum atomic E-state index is 12.9. The van der Waals surface area contributed by atoms with Crippen molar-refractivity contribution >= 4 is 23.2 Å². The first-order valence-corrected chi connectivity index (χ1v) is 9.27. The fraction of sp³-hybridized carbons (Fsp3) is 0.211. The van der Waals surface area contributed by atoms with Gasteiger partial charge in [0.25, 0.3) is 11.8 Å². The third-order valence-electron chi connectivity index (χ3n) is 4.48. The molecule has 0 aromatic carbocycles. The van der Waals surface area contributed by atoms with Crippen molar-refractivity contribution < 1.29 is 9.59 Å². The lowest BCUT2D eigenvalue weighted by Gasteiger charge is -2.36. The number of nitrogens with one attached hydrogen (secondary N) is 1. The van der Waals surface area contributed by atoms with Gasteiger partial charge in [0.1, 0.15) is 5.69 Å². The van der Waals surface area contributed by atoms with Crippen LogP contribution in [0.25, 0.3) is 0 Å². The monoisotopic (exact) mass is 366 g/mol. The van der Waals surface area contributed by atoms with Crippen molar-refractivity contribution in [1.29, 1.82) is 0 Å². The van der Waals surface area contributed by atoms with E-state index in [4.69, 9.17) is 0 Å². The van der Waals surface area contributed by atoms with Gasteiger partial charge in [0, 0.05) is 38.2 Å². The summed E-state index contributed by atoms with van der Waals surface area (Å²) in [6.45, 7) is 1.52. The summed E-state index contributed by atoms with van der Waals surface area (Å²) < 4.78 is 1.95. The van der Waals surface area contributed by atoms with Crippen molar-refractivity contribution in [2.24, 2.45) is 0 Å². The molecule has 26 heavy (non-hydrogen) atoms. The normalized spacial score (nSPS) is 16.4. The van der Waals surface area contributed by atoms with E-state index in [0.29, 0.717) is 30.2 Å². The Labute approximate surface area is 155 Å². The van der Waals surface area contributed by atoms with Gasteiger partial charge in [-0.2, -0.15) is 0 Å². The molecule has 1 N–H and O–H groups in total. The summed E-state index contributed by atoms with van der Waals surface area (Å²) in [6, 6.07) is 11.1. The Morgan fingerprint density at radius 2 is 2.19 bits per heavy atom. The third kappa shape index (κ3) is 3.25. The number of hydrogen-bond donors (Lipinski definition) is 1. The lowest BCUT2D eigenvalue weighted by Crippen LogP contribution is -2.52. The number of amides is 2. The van der Waals surface area contributed by atoms with Crippen LogP contribution in [-0.2, 0) is 13.1 Å². The number of carbonyl (C=O) groups is 2. The Morgan fingerprint density at radius 3 is 2.96 bits per heavy atom. The van der Waals surface area contributed by atoms with Gasteiger partial charge in [-0.3, -0.25) is 14.6 Å². The lowest BCUT2D eigenvalue weighted by molar-refractivity contribution is 0.0563. The molecule has 7 heteroatoms. The van der Waals surface area contributed by atoms with Gasteiger partial charge in [-0.1, -0.05) is 12.1 Å². The maximum absolute atomic E-state index is 12.9. The minimum Gasteiger partial charge on any atom is -0.349 e. The molecule has 1 aliphatic heterocycles. The molecule has 3 aromatic heterocycles. The summed E-state index contributed by atoms with van der Waals surface area (Å²) in [4.78, 5) is 31.8. The molecule has 0 radical (unpaired) electrons. The van der Waals surface area contributed by atoms with Crippen molar-refractivity contribution in [2.75, 3.05) is 6.54 Å². The number of nitrogens with zero attached hydrogens (tertiary/aromatic N) is 3. The van der Waals surface area contributed by atoms with Crippen molar-refractivity contribution in [3.63, 3.8) is 0 Å². The number of fused-ring (bicyclic) bond motifs is 1. The highest BCUT2D eigenvalue weighted by Crippen LogP contribution is 2.20. The van der Waals surface area contributed by atoms with E-state index in [-0.39, 0.29) is 17.9 Å². The maximum Gasteiger partial charge on any atom is 0.271 e. The molecule has 1 atom stereocenters. The molecule has 0 saturated heterocycles. The van der Waals surface area contributed by atoms with Crippen LogP contribution in [0.5, 0.6) is 0 Å². The second kappa shape index (κ2) is 7.13. The number of hydrogen-bond acceptors (Lipinski definition) is 4. The molecule has 4 rings (SSSR count). The fourth-order valence-electron chi connectivity index (χ4n) is 3.18. The standard InChI is InChI=1S/C19H18N4O2S/c24-18(17-6-3-9-26-17)21-11-15-13-22-8-2-5-16(22)19(25)23(15)12-14-4-1-7-20-10-14/h1-10,15H,11-13H2,(H,21,24). The highest BCUT2D eigenvalue weighted by molar-refractivity contribution is 7.12. The van der Waals surface area contributed by atoms with Gasteiger partial charge < -0.3 is 14.8 Å². The van der Waals surface area contributed by atoms with Crippen molar-refractivity contribution in [3.05, 3.63) is 76.5 Å². The zero-order chi connectivity index (χ0) is 17.9. The molecule has 0 fully saturated rings. The van der Waals surface area contributed by atoms with E-state index in [1.165, 1.54) is 11.3 Å².